The van der Waals surface area contributed by atoms with Gasteiger partial charge < -0.3 is 15.4 Å². The van der Waals surface area contributed by atoms with E-state index in [1.165, 1.54) is 19.2 Å². The number of aromatic nitrogens is 5. The molecule has 3 aromatic rings. The Bertz CT molecular complexity index is 1160. The van der Waals surface area contributed by atoms with Gasteiger partial charge in [0.1, 0.15) is 11.6 Å². The van der Waals surface area contributed by atoms with E-state index in [1.54, 1.807) is 19.2 Å². The Balaban J connectivity index is 1.78. The smallest absolute Gasteiger partial charge is 0.303 e. The first kappa shape index (κ1) is 20.7. The van der Waals surface area contributed by atoms with Crippen LogP contribution in [0.15, 0.2) is 24.5 Å². The van der Waals surface area contributed by atoms with E-state index in [-0.39, 0.29) is 17.5 Å². The fourth-order valence-corrected chi connectivity index (χ4v) is 3.03. The summed E-state index contributed by atoms with van der Waals surface area (Å²) in [4.78, 5) is 32.3. The summed E-state index contributed by atoms with van der Waals surface area (Å²) >= 11 is 0. The maximum Gasteiger partial charge on any atom is 0.303 e. The van der Waals surface area contributed by atoms with Crippen molar-refractivity contribution >= 4 is 23.2 Å². The van der Waals surface area contributed by atoms with Gasteiger partial charge in [0.25, 0.3) is 0 Å². The Labute approximate surface area is 176 Å². The molecule has 0 saturated heterocycles. The number of fused-ring (bicyclic) bond motifs is 1. The summed E-state index contributed by atoms with van der Waals surface area (Å²) in [5.74, 6) is -3.29. The molecule has 0 saturated carbocycles. The molecule has 4 rings (SSSR count). The molecule has 0 fully saturated rings. The van der Waals surface area contributed by atoms with Gasteiger partial charge in [0.05, 0.1) is 30.2 Å². The zero-order valence-corrected chi connectivity index (χ0v) is 17.0. The molecule has 9 nitrogen and oxygen atoms in total. The average Bonchev–Trinajstić information content (AvgIpc) is 3.14. The number of hydrogen-bond acceptors (Lipinski definition) is 8. The maximum absolute atomic E-state index is 13.8. The molecule has 0 bridgehead atoms. The van der Waals surface area contributed by atoms with Crippen molar-refractivity contribution < 1.29 is 18.3 Å². The van der Waals surface area contributed by atoms with Crippen LogP contribution in [0.3, 0.4) is 0 Å². The summed E-state index contributed by atoms with van der Waals surface area (Å²) in [6.07, 6.45) is 3.18. The van der Waals surface area contributed by atoms with Crippen LogP contribution in [0.1, 0.15) is 36.6 Å². The van der Waals surface area contributed by atoms with E-state index in [0.717, 1.165) is 18.2 Å². The van der Waals surface area contributed by atoms with Crippen molar-refractivity contribution in [3.8, 4) is 11.4 Å². The quantitative estimate of drug-likeness (QED) is 0.636. The molecule has 1 amide bonds. The number of amides is 1. The zero-order chi connectivity index (χ0) is 22.2. The van der Waals surface area contributed by atoms with Crippen LogP contribution in [0.4, 0.5) is 26.1 Å². The summed E-state index contributed by atoms with van der Waals surface area (Å²) in [7, 11) is 0. The number of carbonyl (C=O) groups is 1. The standard InChI is InChI=1S/C20H19F2N7O2/c1-10-4-17(29-19(25-10)20(3,21)22)27-14-5-16(26-11(2)30)23-7-13(14)18-24-6-12-8-31-9-15(12)28-18/h4-7H,8-9H2,1-3H3,(H2,23,25,26,27,29,30). The molecule has 3 aromatic heterocycles. The molecule has 1 aliphatic rings. The molecule has 1 aliphatic heterocycles. The second-order valence-corrected chi connectivity index (χ2v) is 7.19. The Hall–Kier alpha value is -3.60. The van der Waals surface area contributed by atoms with Crippen LogP contribution in [0.2, 0.25) is 0 Å². The van der Waals surface area contributed by atoms with Gasteiger partial charge in [0.15, 0.2) is 5.82 Å². The van der Waals surface area contributed by atoms with E-state index in [1.807, 2.05) is 0 Å². The van der Waals surface area contributed by atoms with Gasteiger partial charge in [-0.2, -0.15) is 8.78 Å². The highest BCUT2D eigenvalue weighted by atomic mass is 19.3. The van der Waals surface area contributed by atoms with E-state index in [4.69, 9.17) is 4.74 Å². The minimum absolute atomic E-state index is 0.162. The highest BCUT2D eigenvalue weighted by Crippen LogP contribution is 2.32. The fourth-order valence-electron chi connectivity index (χ4n) is 3.03. The summed E-state index contributed by atoms with van der Waals surface area (Å²) in [5, 5.41) is 5.61. The second-order valence-electron chi connectivity index (χ2n) is 7.19. The van der Waals surface area contributed by atoms with Crippen LogP contribution in [-0.2, 0) is 28.7 Å². The third-order valence-corrected chi connectivity index (χ3v) is 4.41. The van der Waals surface area contributed by atoms with Crippen molar-refractivity contribution in [1.29, 1.82) is 0 Å². The predicted molar refractivity (Wildman–Crippen MR) is 108 cm³/mol. The van der Waals surface area contributed by atoms with Crippen molar-refractivity contribution in [3.05, 3.63) is 47.3 Å². The Morgan fingerprint density at radius 2 is 1.90 bits per heavy atom. The summed E-state index contributed by atoms with van der Waals surface area (Å²) in [6, 6.07) is 3.10. The van der Waals surface area contributed by atoms with Gasteiger partial charge in [0.2, 0.25) is 11.7 Å². The number of hydrogen-bond donors (Lipinski definition) is 2. The zero-order valence-electron chi connectivity index (χ0n) is 17.0. The van der Waals surface area contributed by atoms with Crippen LogP contribution in [0.5, 0.6) is 0 Å². The van der Waals surface area contributed by atoms with Gasteiger partial charge >= 0.3 is 5.92 Å². The molecular weight excluding hydrogens is 408 g/mol. The molecular formula is C20H19F2N7O2. The third kappa shape index (κ3) is 4.61. The Morgan fingerprint density at radius 1 is 1.10 bits per heavy atom. The number of halogens is 2. The summed E-state index contributed by atoms with van der Waals surface area (Å²) in [5.41, 5.74) is 2.98. The second kappa shape index (κ2) is 7.91. The number of rotatable bonds is 5. The number of aryl methyl sites for hydroxylation is 1. The van der Waals surface area contributed by atoms with Gasteiger partial charge in [0, 0.05) is 49.6 Å². The largest absolute Gasteiger partial charge is 0.370 e. The van der Waals surface area contributed by atoms with E-state index in [0.29, 0.717) is 36.0 Å². The minimum atomic E-state index is -3.20. The number of alkyl halides is 2. The molecule has 4 heterocycles. The first-order valence-corrected chi connectivity index (χ1v) is 9.40. The third-order valence-electron chi connectivity index (χ3n) is 4.41. The van der Waals surface area contributed by atoms with Gasteiger partial charge in [-0.05, 0) is 6.92 Å². The van der Waals surface area contributed by atoms with Crippen molar-refractivity contribution in [2.24, 2.45) is 0 Å². The first-order chi connectivity index (χ1) is 14.7. The lowest BCUT2D eigenvalue weighted by Crippen LogP contribution is -2.14. The van der Waals surface area contributed by atoms with Crippen LogP contribution >= 0.6 is 0 Å². The topological polar surface area (TPSA) is 115 Å². The summed E-state index contributed by atoms with van der Waals surface area (Å²) < 4.78 is 33.0. The minimum Gasteiger partial charge on any atom is -0.370 e. The first-order valence-electron chi connectivity index (χ1n) is 9.40. The van der Waals surface area contributed by atoms with Crippen LogP contribution in [0, 0.1) is 6.92 Å². The molecule has 31 heavy (non-hydrogen) atoms. The molecule has 0 radical (unpaired) electrons. The number of carbonyl (C=O) groups excluding carboxylic acids is 1. The van der Waals surface area contributed by atoms with Gasteiger partial charge in [-0.15, -0.1) is 0 Å². The number of pyridine rings is 1. The molecule has 0 aromatic carbocycles. The number of nitrogens with zero attached hydrogens (tertiary/aromatic N) is 5. The van der Waals surface area contributed by atoms with Gasteiger partial charge in [-0.3, -0.25) is 4.79 Å². The lowest BCUT2D eigenvalue weighted by atomic mass is 10.2. The van der Waals surface area contributed by atoms with Crippen molar-refractivity contribution in [3.63, 3.8) is 0 Å². The van der Waals surface area contributed by atoms with E-state index in [2.05, 4.69) is 35.6 Å². The van der Waals surface area contributed by atoms with Crippen LogP contribution < -0.4 is 10.6 Å². The maximum atomic E-state index is 13.8. The summed E-state index contributed by atoms with van der Waals surface area (Å²) in [6.45, 7) is 4.52. The van der Waals surface area contributed by atoms with E-state index >= 15 is 0 Å². The molecule has 0 atom stereocenters. The normalized spacial score (nSPS) is 13.1. The van der Waals surface area contributed by atoms with Crippen molar-refractivity contribution in [2.75, 3.05) is 10.6 Å². The van der Waals surface area contributed by atoms with Crippen molar-refractivity contribution in [2.45, 2.75) is 39.9 Å². The SMILES string of the molecule is CC(=O)Nc1cc(Nc2cc(C)nc(C(C)(F)F)n2)c(-c2ncc3c(n2)COC3)cn1. The van der Waals surface area contributed by atoms with Crippen molar-refractivity contribution in [1.82, 2.24) is 24.9 Å². The average molecular weight is 427 g/mol. The lowest BCUT2D eigenvalue weighted by Gasteiger charge is -2.15. The van der Waals surface area contributed by atoms with Gasteiger partial charge in [-0.1, -0.05) is 0 Å². The van der Waals surface area contributed by atoms with Crippen LogP contribution in [0.25, 0.3) is 11.4 Å². The monoisotopic (exact) mass is 427 g/mol. The molecule has 0 unspecified atom stereocenters. The van der Waals surface area contributed by atoms with Gasteiger partial charge in [-0.25, -0.2) is 24.9 Å². The lowest BCUT2D eigenvalue weighted by molar-refractivity contribution is -0.114. The highest BCUT2D eigenvalue weighted by Gasteiger charge is 2.29. The van der Waals surface area contributed by atoms with E-state index in [9.17, 15) is 13.6 Å². The number of anilines is 3. The molecule has 160 valence electrons. The number of ether oxygens (including phenoxy) is 1. The fraction of sp³-hybridized carbons (Fsp3) is 0.300. The molecule has 2 N–H and O–H groups in total. The number of nitrogens with one attached hydrogen (secondary N) is 2. The van der Waals surface area contributed by atoms with E-state index < -0.39 is 11.7 Å². The predicted octanol–water partition coefficient (Wildman–Crippen LogP) is 3.48. The Kier molecular flexibility index (Phi) is 5.27. The Morgan fingerprint density at radius 3 is 2.65 bits per heavy atom. The molecule has 0 spiro atoms. The molecule has 11 heteroatoms. The van der Waals surface area contributed by atoms with Crippen LogP contribution in [-0.4, -0.2) is 30.8 Å². The highest BCUT2D eigenvalue weighted by molar-refractivity contribution is 5.89. The molecule has 0 aliphatic carbocycles.